The van der Waals surface area contributed by atoms with Crippen LogP contribution in [0, 0.1) is 10.1 Å². The van der Waals surface area contributed by atoms with Crippen molar-refractivity contribution in [1.82, 2.24) is 10.3 Å². The number of carbonyl (C=O) groups excluding carboxylic acids is 1. The molecule has 1 atom stereocenters. The van der Waals surface area contributed by atoms with E-state index in [2.05, 4.69) is 10.3 Å². The van der Waals surface area contributed by atoms with Crippen LogP contribution in [0.2, 0.25) is 5.15 Å². The molecule has 0 bridgehead atoms. The third-order valence-electron chi connectivity index (χ3n) is 1.94. The fourth-order valence-electron chi connectivity index (χ4n) is 1.10. The Hall–Kier alpha value is -1.73. The maximum absolute atomic E-state index is 11.7. The number of nitrogens with zero attached hydrogens (tertiary/aromatic N) is 2. The highest BCUT2D eigenvalue weighted by molar-refractivity contribution is 6.29. The van der Waals surface area contributed by atoms with E-state index in [1.807, 2.05) is 0 Å². The van der Waals surface area contributed by atoms with Crippen molar-refractivity contribution in [2.75, 3.05) is 6.61 Å². The topological polar surface area (TPSA) is 105 Å². The summed E-state index contributed by atoms with van der Waals surface area (Å²) >= 11 is 5.57. The molecular weight excluding hydrogens is 250 g/mol. The lowest BCUT2D eigenvalue weighted by Gasteiger charge is -2.10. The molecule has 7 nitrogen and oxygen atoms in total. The summed E-state index contributed by atoms with van der Waals surface area (Å²) in [6.45, 7) is 1.30. The summed E-state index contributed by atoms with van der Waals surface area (Å²) in [4.78, 5) is 25.2. The predicted molar refractivity (Wildman–Crippen MR) is 59.9 cm³/mol. The number of amides is 1. The minimum absolute atomic E-state index is 0.0163. The summed E-state index contributed by atoms with van der Waals surface area (Å²) in [5.74, 6) is -0.678. The van der Waals surface area contributed by atoms with Crippen molar-refractivity contribution < 1.29 is 14.8 Å². The van der Waals surface area contributed by atoms with E-state index < -0.39 is 22.6 Å². The van der Waals surface area contributed by atoms with Gasteiger partial charge in [0, 0.05) is 6.04 Å². The molecule has 0 aromatic carbocycles. The first-order chi connectivity index (χ1) is 7.95. The maximum atomic E-state index is 11.7. The van der Waals surface area contributed by atoms with Gasteiger partial charge in [0.15, 0.2) is 0 Å². The van der Waals surface area contributed by atoms with Gasteiger partial charge >= 0.3 is 0 Å². The average molecular weight is 260 g/mol. The number of hydrogen-bond acceptors (Lipinski definition) is 5. The molecule has 92 valence electrons. The molecular formula is C9H10ClN3O4. The van der Waals surface area contributed by atoms with E-state index in [0.29, 0.717) is 0 Å². The third kappa shape index (κ3) is 3.36. The zero-order chi connectivity index (χ0) is 13.0. The Morgan fingerprint density at radius 1 is 1.76 bits per heavy atom. The summed E-state index contributed by atoms with van der Waals surface area (Å²) in [7, 11) is 0. The van der Waals surface area contributed by atoms with Crippen LogP contribution in [0.4, 0.5) is 5.69 Å². The van der Waals surface area contributed by atoms with Gasteiger partial charge in [-0.3, -0.25) is 14.9 Å². The Balaban J connectivity index is 3.06. The van der Waals surface area contributed by atoms with Gasteiger partial charge in [0.2, 0.25) is 0 Å². The van der Waals surface area contributed by atoms with E-state index in [-0.39, 0.29) is 17.3 Å². The molecule has 17 heavy (non-hydrogen) atoms. The molecule has 1 aromatic heterocycles. The van der Waals surface area contributed by atoms with Gasteiger partial charge in [-0.1, -0.05) is 11.6 Å². The standard InChI is InChI=1S/C9H10ClN3O4/c1-5(4-14)12-9(15)6-2-8(10)11-3-7(6)13(16)17/h2-3,5,14H,4H2,1H3,(H,12,15)/t5-/m0/s1. The van der Waals surface area contributed by atoms with Crippen molar-refractivity contribution in [2.45, 2.75) is 13.0 Å². The lowest BCUT2D eigenvalue weighted by molar-refractivity contribution is -0.385. The molecule has 0 spiro atoms. The second-order valence-corrected chi connectivity index (χ2v) is 3.73. The summed E-state index contributed by atoms with van der Waals surface area (Å²) in [6.07, 6.45) is 0.918. The minimum Gasteiger partial charge on any atom is -0.394 e. The zero-order valence-electron chi connectivity index (χ0n) is 8.88. The molecule has 1 rings (SSSR count). The first kappa shape index (κ1) is 13.3. The van der Waals surface area contributed by atoms with Crippen molar-refractivity contribution in [3.8, 4) is 0 Å². The van der Waals surface area contributed by atoms with E-state index in [0.717, 1.165) is 12.3 Å². The van der Waals surface area contributed by atoms with E-state index in [1.54, 1.807) is 6.92 Å². The van der Waals surface area contributed by atoms with Gasteiger partial charge in [-0.25, -0.2) is 4.98 Å². The maximum Gasteiger partial charge on any atom is 0.300 e. The largest absolute Gasteiger partial charge is 0.394 e. The van der Waals surface area contributed by atoms with Gasteiger partial charge in [0.25, 0.3) is 11.6 Å². The van der Waals surface area contributed by atoms with Crippen LogP contribution in [0.15, 0.2) is 12.3 Å². The quantitative estimate of drug-likeness (QED) is 0.472. The monoisotopic (exact) mass is 259 g/mol. The molecule has 0 aliphatic heterocycles. The number of aliphatic hydroxyl groups is 1. The highest BCUT2D eigenvalue weighted by Crippen LogP contribution is 2.20. The van der Waals surface area contributed by atoms with Crippen LogP contribution in [0.3, 0.4) is 0 Å². The number of halogens is 1. The van der Waals surface area contributed by atoms with E-state index in [1.165, 1.54) is 0 Å². The van der Waals surface area contributed by atoms with E-state index >= 15 is 0 Å². The normalized spacial score (nSPS) is 11.9. The van der Waals surface area contributed by atoms with Crippen LogP contribution >= 0.6 is 11.6 Å². The van der Waals surface area contributed by atoms with Crippen molar-refractivity contribution >= 4 is 23.2 Å². The number of hydrogen-bond donors (Lipinski definition) is 2. The van der Waals surface area contributed by atoms with Gasteiger partial charge in [-0.15, -0.1) is 0 Å². The molecule has 0 unspecified atom stereocenters. The third-order valence-corrected chi connectivity index (χ3v) is 2.15. The lowest BCUT2D eigenvalue weighted by Crippen LogP contribution is -2.35. The summed E-state index contributed by atoms with van der Waals surface area (Å²) < 4.78 is 0. The van der Waals surface area contributed by atoms with Gasteiger partial charge < -0.3 is 10.4 Å². The highest BCUT2D eigenvalue weighted by Gasteiger charge is 2.22. The van der Waals surface area contributed by atoms with Crippen molar-refractivity contribution in [1.29, 1.82) is 0 Å². The van der Waals surface area contributed by atoms with Gasteiger partial charge in [-0.2, -0.15) is 0 Å². The first-order valence-electron chi connectivity index (χ1n) is 4.67. The summed E-state index contributed by atoms with van der Waals surface area (Å²) in [5, 5.41) is 21.8. The average Bonchev–Trinajstić information content (AvgIpc) is 2.28. The number of carbonyl (C=O) groups is 1. The number of pyridine rings is 1. The SMILES string of the molecule is C[C@@H](CO)NC(=O)c1cc(Cl)ncc1[N+](=O)[O-]. The minimum atomic E-state index is -0.720. The van der Waals surface area contributed by atoms with Crippen LogP contribution in [-0.4, -0.2) is 33.6 Å². The molecule has 0 aliphatic rings. The molecule has 2 N–H and O–H groups in total. The fourth-order valence-corrected chi connectivity index (χ4v) is 1.26. The highest BCUT2D eigenvalue weighted by atomic mass is 35.5. The van der Waals surface area contributed by atoms with Crippen LogP contribution in [0.25, 0.3) is 0 Å². The molecule has 0 radical (unpaired) electrons. The summed E-state index contributed by atoms with van der Waals surface area (Å²) in [6, 6.07) is 0.605. The number of aromatic nitrogens is 1. The van der Waals surface area contributed by atoms with Crippen molar-refractivity contribution in [3.05, 3.63) is 33.1 Å². The second-order valence-electron chi connectivity index (χ2n) is 3.34. The van der Waals surface area contributed by atoms with Crippen LogP contribution in [0.1, 0.15) is 17.3 Å². The Morgan fingerprint density at radius 2 is 2.41 bits per heavy atom. The predicted octanol–water partition coefficient (Wildman–Crippen LogP) is 0.754. The number of rotatable bonds is 4. The molecule has 0 aliphatic carbocycles. The number of aliphatic hydroxyl groups excluding tert-OH is 1. The lowest BCUT2D eigenvalue weighted by atomic mass is 10.2. The molecule has 0 saturated carbocycles. The van der Waals surface area contributed by atoms with Gasteiger partial charge in [0.05, 0.1) is 11.5 Å². The van der Waals surface area contributed by atoms with Crippen LogP contribution in [0.5, 0.6) is 0 Å². The van der Waals surface area contributed by atoms with E-state index in [9.17, 15) is 14.9 Å². The van der Waals surface area contributed by atoms with Gasteiger partial charge in [0.1, 0.15) is 16.9 Å². The van der Waals surface area contributed by atoms with Crippen LogP contribution in [-0.2, 0) is 0 Å². The Morgan fingerprint density at radius 3 is 2.94 bits per heavy atom. The number of nitro groups is 1. The van der Waals surface area contributed by atoms with Crippen molar-refractivity contribution in [2.24, 2.45) is 0 Å². The Bertz CT molecular complexity index is 452. The van der Waals surface area contributed by atoms with Gasteiger partial charge in [-0.05, 0) is 13.0 Å². The zero-order valence-corrected chi connectivity index (χ0v) is 9.64. The molecule has 0 fully saturated rings. The molecule has 1 aromatic rings. The molecule has 0 saturated heterocycles. The van der Waals surface area contributed by atoms with Crippen LogP contribution < -0.4 is 5.32 Å². The smallest absolute Gasteiger partial charge is 0.300 e. The molecule has 1 heterocycles. The van der Waals surface area contributed by atoms with E-state index in [4.69, 9.17) is 16.7 Å². The Labute approximate surface area is 102 Å². The molecule has 1 amide bonds. The second kappa shape index (κ2) is 5.55. The fraction of sp³-hybridized carbons (Fsp3) is 0.333. The number of nitrogens with one attached hydrogen (secondary N) is 1. The van der Waals surface area contributed by atoms with Crippen molar-refractivity contribution in [3.63, 3.8) is 0 Å². The first-order valence-corrected chi connectivity index (χ1v) is 5.05. The Kier molecular flexibility index (Phi) is 4.36. The molecule has 8 heteroatoms. The summed E-state index contributed by atoms with van der Waals surface area (Å²) in [5.41, 5.74) is -0.618.